The van der Waals surface area contributed by atoms with Gasteiger partial charge in [-0.05, 0) is 51.7 Å². The fourth-order valence-corrected chi connectivity index (χ4v) is 5.18. The normalized spacial score (nSPS) is 13.8. The number of carbonyl (C=O) groups is 2. The molecule has 0 saturated heterocycles. The lowest BCUT2D eigenvalue weighted by atomic mass is 10.1. The van der Waals surface area contributed by atoms with Gasteiger partial charge in [0.1, 0.15) is 13.2 Å². The molecule has 0 spiro atoms. The second kappa shape index (κ2) is 15.7. The van der Waals surface area contributed by atoms with Crippen molar-refractivity contribution in [3.8, 4) is 0 Å². The Bertz CT molecular complexity index is 1220. The molecule has 2 aromatic carbocycles. The van der Waals surface area contributed by atoms with Crippen LogP contribution in [0.25, 0.3) is 0 Å². The Labute approximate surface area is 237 Å². The molecule has 0 aliphatic rings. The highest BCUT2D eigenvalue weighted by Crippen LogP contribution is 2.09. The Morgan fingerprint density at radius 3 is 1.27 bits per heavy atom. The first-order valence-corrected chi connectivity index (χ1v) is 16.0. The molecule has 0 radical (unpaired) electrons. The molecule has 0 fully saturated rings. The minimum absolute atomic E-state index is 0.255. The number of nitrogens with one attached hydrogen (secondary N) is 2. The number of rotatable bonds is 16. The van der Waals surface area contributed by atoms with E-state index in [0.717, 1.165) is 23.3 Å². The van der Waals surface area contributed by atoms with Crippen molar-refractivity contribution in [2.24, 2.45) is 0 Å². The number of hydrogen-bond acceptors (Lipinski definition) is 8. The van der Waals surface area contributed by atoms with Crippen LogP contribution in [0.15, 0.2) is 72.8 Å². The first kappa shape index (κ1) is 33.1. The number of carbonyl (C=O) groups excluding carboxylic acids is 2. The number of ether oxygens (including phenoxy) is 2. The predicted molar refractivity (Wildman–Crippen MR) is 153 cm³/mol. The summed E-state index contributed by atoms with van der Waals surface area (Å²) in [6.07, 6.45) is 2.34. The lowest BCUT2D eigenvalue weighted by molar-refractivity contribution is -0.141. The van der Waals surface area contributed by atoms with Crippen molar-refractivity contribution >= 4 is 32.0 Å². The van der Waals surface area contributed by atoms with Crippen LogP contribution >= 0.6 is 0 Å². The highest BCUT2D eigenvalue weighted by molar-refractivity contribution is 7.90. The average molecular weight is 595 g/mol. The molecule has 2 rings (SSSR count). The van der Waals surface area contributed by atoms with Gasteiger partial charge in [0.15, 0.2) is 0 Å². The summed E-state index contributed by atoms with van der Waals surface area (Å²) in [6.45, 7) is 5.66. The number of hydrogen-bond donors (Lipinski definition) is 2. The summed E-state index contributed by atoms with van der Waals surface area (Å²) < 4.78 is 65.1. The van der Waals surface area contributed by atoms with E-state index in [1.165, 1.54) is 0 Å². The van der Waals surface area contributed by atoms with Crippen LogP contribution in [0.3, 0.4) is 0 Å². The van der Waals surface area contributed by atoms with Crippen molar-refractivity contribution in [2.75, 3.05) is 13.2 Å². The first-order valence-electron chi connectivity index (χ1n) is 12.9. The average Bonchev–Trinajstić information content (AvgIpc) is 2.90. The molecule has 0 unspecified atom stereocenters. The quantitative estimate of drug-likeness (QED) is 0.223. The first-order chi connectivity index (χ1) is 18.8. The summed E-state index contributed by atoms with van der Waals surface area (Å²) in [4.78, 5) is 24.5. The van der Waals surface area contributed by atoms with E-state index < -0.39 is 54.6 Å². The maximum Gasteiger partial charge on any atom is 0.331 e. The maximum absolute atomic E-state index is 12.4. The van der Waals surface area contributed by atoms with Gasteiger partial charge in [-0.3, -0.25) is 0 Å². The largest absolute Gasteiger partial charge is 0.461 e. The summed E-state index contributed by atoms with van der Waals surface area (Å²) in [5, 5.41) is -1.35. The molecule has 40 heavy (non-hydrogen) atoms. The molecule has 0 saturated carbocycles. The zero-order valence-corrected chi connectivity index (χ0v) is 24.8. The van der Waals surface area contributed by atoms with Gasteiger partial charge in [-0.15, -0.1) is 0 Å². The predicted octanol–water partition coefficient (Wildman–Crippen LogP) is 2.51. The molecule has 0 bridgehead atoms. The molecular formula is C28H38N2O8S2. The SMILES string of the molecule is CC(C)S(=O)(=O)N[C@H](COC(=O)/C=C/C(=O)OC[C@H](Cc1ccccc1)NS(=O)(=O)C(C)C)Cc1ccccc1. The van der Waals surface area contributed by atoms with E-state index in [0.29, 0.717) is 12.8 Å². The fraction of sp³-hybridized carbons (Fsp3) is 0.429. The van der Waals surface area contributed by atoms with Gasteiger partial charge in [0.25, 0.3) is 0 Å². The third-order valence-corrected chi connectivity index (χ3v) is 9.57. The van der Waals surface area contributed by atoms with E-state index in [4.69, 9.17) is 9.47 Å². The van der Waals surface area contributed by atoms with Crippen LogP contribution < -0.4 is 9.44 Å². The summed E-state index contributed by atoms with van der Waals surface area (Å²) in [6, 6.07) is 16.9. The van der Waals surface area contributed by atoms with Crippen LogP contribution in [0.2, 0.25) is 0 Å². The van der Waals surface area contributed by atoms with E-state index in [2.05, 4.69) is 9.44 Å². The molecular weight excluding hydrogens is 556 g/mol. The highest BCUT2D eigenvalue weighted by atomic mass is 32.2. The molecule has 10 nitrogen and oxygen atoms in total. The minimum atomic E-state index is -3.63. The van der Waals surface area contributed by atoms with Crippen LogP contribution in [0, 0.1) is 0 Å². The van der Waals surface area contributed by atoms with E-state index >= 15 is 0 Å². The van der Waals surface area contributed by atoms with Crippen molar-refractivity contribution in [3.63, 3.8) is 0 Å². The van der Waals surface area contributed by atoms with Crippen molar-refractivity contribution in [2.45, 2.75) is 63.1 Å². The van der Waals surface area contributed by atoms with E-state index in [1.54, 1.807) is 27.7 Å². The van der Waals surface area contributed by atoms with Crippen molar-refractivity contribution in [1.29, 1.82) is 0 Å². The minimum Gasteiger partial charge on any atom is -0.461 e. The molecule has 2 aromatic rings. The zero-order valence-electron chi connectivity index (χ0n) is 23.1. The third kappa shape index (κ3) is 12.0. The Morgan fingerprint density at radius 1 is 0.650 bits per heavy atom. The Kier molecular flexibility index (Phi) is 13.0. The van der Waals surface area contributed by atoms with E-state index in [-0.39, 0.29) is 13.2 Å². The number of benzene rings is 2. The number of sulfonamides is 2. The lowest BCUT2D eigenvalue weighted by Gasteiger charge is -2.20. The third-order valence-electron chi connectivity index (χ3n) is 5.76. The second-order valence-corrected chi connectivity index (χ2v) is 14.3. The summed E-state index contributed by atoms with van der Waals surface area (Å²) in [7, 11) is -7.26. The lowest BCUT2D eigenvalue weighted by Crippen LogP contribution is -2.43. The van der Waals surface area contributed by atoms with Gasteiger partial charge in [0.2, 0.25) is 20.0 Å². The van der Waals surface area contributed by atoms with Crippen LogP contribution in [0.4, 0.5) is 0 Å². The van der Waals surface area contributed by atoms with E-state index in [9.17, 15) is 26.4 Å². The highest BCUT2D eigenvalue weighted by Gasteiger charge is 2.24. The van der Waals surface area contributed by atoms with Gasteiger partial charge in [-0.1, -0.05) is 60.7 Å². The van der Waals surface area contributed by atoms with Gasteiger partial charge in [-0.25, -0.2) is 35.9 Å². The maximum atomic E-state index is 12.4. The Balaban J connectivity index is 1.96. The molecule has 12 heteroatoms. The van der Waals surface area contributed by atoms with Crippen molar-refractivity contribution in [3.05, 3.63) is 83.9 Å². The topological polar surface area (TPSA) is 145 Å². The van der Waals surface area contributed by atoms with Gasteiger partial charge in [0.05, 0.1) is 22.6 Å². The summed E-state index contributed by atoms with van der Waals surface area (Å²) >= 11 is 0. The molecule has 0 heterocycles. The van der Waals surface area contributed by atoms with Crippen LogP contribution in [-0.4, -0.2) is 64.6 Å². The van der Waals surface area contributed by atoms with Crippen LogP contribution in [-0.2, 0) is 52.0 Å². The van der Waals surface area contributed by atoms with Gasteiger partial charge >= 0.3 is 11.9 Å². The molecule has 2 atom stereocenters. The van der Waals surface area contributed by atoms with Crippen molar-refractivity contribution < 1.29 is 35.9 Å². The monoisotopic (exact) mass is 594 g/mol. The van der Waals surface area contributed by atoms with Gasteiger partial charge in [0, 0.05) is 12.2 Å². The Hall–Kier alpha value is -3.06. The molecule has 0 aliphatic carbocycles. The zero-order chi connectivity index (χ0) is 29.8. The summed E-state index contributed by atoms with van der Waals surface area (Å²) in [5.74, 6) is -1.72. The van der Waals surface area contributed by atoms with E-state index in [1.807, 2.05) is 60.7 Å². The summed E-state index contributed by atoms with van der Waals surface area (Å²) in [5.41, 5.74) is 1.71. The van der Waals surface area contributed by atoms with Crippen LogP contribution in [0.1, 0.15) is 38.8 Å². The standard InChI is InChI=1S/C28H38N2O8S2/c1-21(2)39(33,34)29-25(17-23-11-7-5-8-12-23)19-37-27(31)15-16-28(32)38-20-26(30-40(35,36)22(3)4)18-24-13-9-6-10-14-24/h5-16,21-22,25-26,29-30H,17-20H2,1-4H3/b16-15+/t25-,26-/m0/s1. The second-order valence-electron chi connectivity index (χ2n) is 9.79. The molecule has 220 valence electrons. The Morgan fingerprint density at radius 2 is 0.975 bits per heavy atom. The van der Waals surface area contributed by atoms with Gasteiger partial charge < -0.3 is 9.47 Å². The van der Waals surface area contributed by atoms with Crippen molar-refractivity contribution in [1.82, 2.24) is 9.44 Å². The molecule has 0 aliphatic heterocycles. The molecule has 2 N–H and O–H groups in total. The fourth-order valence-electron chi connectivity index (χ4n) is 3.40. The smallest absolute Gasteiger partial charge is 0.331 e. The van der Waals surface area contributed by atoms with Crippen LogP contribution in [0.5, 0.6) is 0 Å². The molecule has 0 aromatic heterocycles. The number of esters is 2. The van der Waals surface area contributed by atoms with Gasteiger partial charge in [-0.2, -0.15) is 0 Å². The molecule has 0 amide bonds.